The zero-order valence-electron chi connectivity index (χ0n) is 9.84. The van der Waals surface area contributed by atoms with Crippen LogP contribution in [0.1, 0.15) is 31.5 Å². The number of ether oxygens (including phenoxy) is 1. The van der Waals surface area contributed by atoms with Gasteiger partial charge in [0.05, 0.1) is 6.61 Å². The highest BCUT2D eigenvalue weighted by molar-refractivity contribution is 5.24. The molecule has 0 saturated carbocycles. The molecule has 1 aromatic heterocycles. The second kappa shape index (κ2) is 6.40. The van der Waals surface area contributed by atoms with Crippen molar-refractivity contribution in [2.75, 3.05) is 13.2 Å². The molecule has 1 heterocycles. The highest BCUT2D eigenvalue weighted by atomic mass is 16.5. The SMILES string of the molecule is CCCNCc1cc(C)nc(OCC)c1. The number of aromatic nitrogens is 1. The van der Waals surface area contributed by atoms with Crippen molar-refractivity contribution < 1.29 is 4.74 Å². The molecule has 15 heavy (non-hydrogen) atoms. The van der Waals surface area contributed by atoms with Crippen LogP contribution in [0, 0.1) is 6.92 Å². The molecule has 0 aliphatic heterocycles. The fourth-order valence-corrected chi connectivity index (χ4v) is 1.44. The molecule has 1 N–H and O–H groups in total. The third-order valence-corrected chi connectivity index (χ3v) is 2.04. The minimum absolute atomic E-state index is 0.665. The van der Waals surface area contributed by atoms with E-state index in [0.29, 0.717) is 6.61 Å². The first-order chi connectivity index (χ1) is 7.26. The molecule has 0 aromatic carbocycles. The number of pyridine rings is 1. The summed E-state index contributed by atoms with van der Waals surface area (Å²) in [6.45, 7) is 8.72. The third-order valence-electron chi connectivity index (χ3n) is 2.04. The van der Waals surface area contributed by atoms with Crippen molar-refractivity contribution in [2.45, 2.75) is 33.7 Å². The lowest BCUT2D eigenvalue weighted by molar-refractivity contribution is 0.325. The summed E-state index contributed by atoms with van der Waals surface area (Å²) < 4.78 is 5.39. The van der Waals surface area contributed by atoms with E-state index in [4.69, 9.17) is 4.74 Å². The van der Waals surface area contributed by atoms with E-state index in [1.165, 1.54) is 5.56 Å². The molecule has 0 spiro atoms. The molecule has 0 aliphatic rings. The van der Waals surface area contributed by atoms with Gasteiger partial charge in [-0.05, 0) is 38.4 Å². The Labute approximate surface area is 91.9 Å². The van der Waals surface area contributed by atoms with Gasteiger partial charge in [-0.25, -0.2) is 4.98 Å². The lowest BCUT2D eigenvalue weighted by Gasteiger charge is -2.07. The molecule has 0 aliphatic carbocycles. The van der Waals surface area contributed by atoms with Crippen molar-refractivity contribution in [1.29, 1.82) is 0 Å². The number of hydrogen-bond donors (Lipinski definition) is 1. The van der Waals surface area contributed by atoms with Gasteiger partial charge < -0.3 is 10.1 Å². The highest BCUT2D eigenvalue weighted by Gasteiger charge is 2.00. The van der Waals surface area contributed by atoms with Gasteiger partial charge in [-0.3, -0.25) is 0 Å². The molecule has 0 unspecified atom stereocenters. The Balaban J connectivity index is 2.62. The van der Waals surface area contributed by atoms with Gasteiger partial charge in [0.15, 0.2) is 0 Å². The molecule has 3 heteroatoms. The zero-order chi connectivity index (χ0) is 11.1. The molecule has 0 atom stereocenters. The molecule has 1 rings (SSSR count). The van der Waals surface area contributed by atoms with E-state index in [9.17, 15) is 0 Å². The first-order valence-corrected chi connectivity index (χ1v) is 5.57. The Morgan fingerprint density at radius 2 is 2.13 bits per heavy atom. The first kappa shape index (κ1) is 12.0. The lowest BCUT2D eigenvalue weighted by Crippen LogP contribution is -2.14. The van der Waals surface area contributed by atoms with Crippen molar-refractivity contribution >= 4 is 0 Å². The zero-order valence-corrected chi connectivity index (χ0v) is 9.84. The average Bonchev–Trinajstić information content (AvgIpc) is 2.18. The van der Waals surface area contributed by atoms with Gasteiger partial charge in [-0.15, -0.1) is 0 Å². The normalized spacial score (nSPS) is 10.3. The smallest absolute Gasteiger partial charge is 0.213 e. The lowest BCUT2D eigenvalue weighted by atomic mass is 10.2. The summed E-state index contributed by atoms with van der Waals surface area (Å²) in [6, 6.07) is 4.09. The van der Waals surface area contributed by atoms with Gasteiger partial charge in [0.2, 0.25) is 5.88 Å². The Morgan fingerprint density at radius 1 is 1.33 bits per heavy atom. The summed E-state index contributed by atoms with van der Waals surface area (Å²) in [5, 5.41) is 3.36. The maximum atomic E-state index is 5.39. The van der Waals surface area contributed by atoms with E-state index < -0.39 is 0 Å². The Kier molecular flexibility index (Phi) is 5.12. The predicted molar refractivity (Wildman–Crippen MR) is 62.1 cm³/mol. The summed E-state index contributed by atoms with van der Waals surface area (Å²) >= 11 is 0. The molecule has 0 bridgehead atoms. The summed E-state index contributed by atoms with van der Waals surface area (Å²) in [6.07, 6.45) is 1.16. The van der Waals surface area contributed by atoms with Crippen LogP contribution >= 0.6 is 0 Å². The van der Waals surface area contributed by atoms with Gasteiger partial charge in [-0.2, -0.15) is 0 Å². The fraction of sp³-hybridized carbons (Fsp3) is 0.583. The molecule has 0 radical (unpaired) electrons. The maximum absolute atomic E-state index is 5.39. The van der Waals surface area contributed by atoms with Crippen LogP contribution < -0.4 is 10.1 Å². The second-order valence-electron chi connectivity index (χ2n) is 3.56. The van der Waals surface area contributed by atoms with Crippen molar-refractivity contribution in [3.63, 3.8) is 0 Å². The Hall–Kier alpha value is -1.09. The van der Waals surface area contributed by atoms with Gasteiger partial charge in [0.25, 0.3) is 0 Å². The number of nitrogens with zero attached hydrogens (tertiary/aromatic N) is 1. The maximum Gasteiger partial charge on any atom is 0.213 e. The quantitative estimate of drug-likeness (QED) is 0.728. The Morgan fingerprint density at radius 3 is 2.80 bits per heavy atom. The van der Waals surface area contributed by atoms with Gasteiger partial charge in [-0.1, -0.05) is 6.92 Å². The fourth-order valence-electron chi connectivity index (χ4n) is 1.44. The number of hydrogen-bond acceptors (Lipinski definition) is 3. The van der Waals surface area contributed by atoms with Crippen molar-refractivity contribution in [3.8, 4) is 5.88 Å². The van der Waals surface area contributed by atoms with E-state index in [-0.39, 0.29) is 0 Å². The number of aryl methyl sites for hydroxylation is 1. The van der Waals surface area contributed by atoms with Crippen LogP contribution in [0.2, 0.25) is 0 Å². The minimum atomic E-state index is 0.665. The molecule has 0 fully saturated rings. The standard InChI is InChI=1S/C12H20N2O/c1-4-6-13-9-11-7-10(3)14-12(8-11)15-5-2/h7-8,13H,4-6,9H2,1-3H3. The van der Waals surface area contributed by atoms with E-state index in [1.54, 1.807) is 0 Å². The molecule has 0 saturated heterocycles. The van der Waals surface area contributed by atoms with Gasteiger partial charge >= 0.3 is 0 Å². The number of rotatable bonds is 6. The number of nitrogens with one attached hydrogen (secondary N) is 1. The minimum Gasteiger partial charge on any atom is -0.478 e. The van der Waals surface area contributed by atoms with Crippen LogP contribution in [0.25, 0.3) is 0 Å². The molecular weight excluding hydrogens is 188 g/mol. The third kappa shape index (κ3) is 4.30. The van der Waals surface area contributed by atoms with Crippen molar-refractivity contribution in [1.82, 2.24) is 10.3 Å². The average molecular weight is 208 g/mol. The summed E-state index contributed by atoms with van der Waals surface area (Å²) in [5.74, 6) is 0.728. The van der Waals surface area contributed by atoms with E-state index in [1.807, 2.05) is 19.9 Å². The molecule has 0 amide bonds. The van der Waals surface area contributed by atoms with Crippen LogP contribution in [0.5, 0.6) is 5.88 Å². The first-order valence-electron chi connectivity index (χ1n) is 5.57. The van der Waals surface area contributed by atoms with Crippen LogP contribution in [-0.2, 0) is 6.54 Å². The van der Waals surface area contributed by atoms with Crippen LogP contribution in [0.4, 0.5) is 0 Å². The monoisotopic (exact) mass is 208 g/mol. The van der Waals surface area contributed by atoms with Crippen molar-refractivity contribution in [3.05, 3.63) is 23.4 Å². The Bertz CT molecular complexity index is 300. The summed E-state index contributed by atoms with van der Waals surface area (Å²) in [5.41, 5.74) is 2.24. The van der Waals surface area contributed by atoms with Crippen LogP contribution in [0.3, 0.4) is 0 Å². The molecule has 3 nitrogen and oxygen atoms in total. The van der Waals surface area contributed by atoms with Crippen molar-refractivity contribution in [2.24, 2.45) is 0 Å². The largest absolute Gasteiger partial charge is 0.478 e. The van der Waals surface area contributed by atoms with E-state index in [0.717, 1.165) is 31.1 Å². The summed E-state index contributed by atoms with van der Waals surface area (Å²) in [7, 11) is 0. The van der Waals surface area contributed by atoms with Crippen LogP contribution in [-0.4, -0.2) is 18.1 Å². The highest BCUT2D eigenvalue weighted by Crippen LogP contribution is 2.12. The van der Waals surface area contributed by atoms with E-state index in [2.05, 4.69) is 23.3 Å². The van der Waals surface area contributed by atoms with Gasteiger partial charge in [0, 0.05) is 18.3 Å². The molecule has 1 aromatic rings. The predicted octanol–water partition coefficient (Wildman–Crippen LogP) is 2.29. The molecular formula is C12H20N2O. The summed E-state index contributed by atoms with van der Waals surface area (Å²) in [4.78, 5) is 4.30. The molecule has 84 valence electrons. The second-order valence-corrected chi connectivity index (χ2v) is 3.56. The van der Waals surface area contributed by atoms with Crippen LogP contribution in [0.15, 0.2) is 12.1 Å². The van der Waals surface area contributed by atoms with Gasteiger partial charge in [0.1, 0.15) is 0 Å². The van der Waals surface area contributed by atoms with E-state index >= 15 is 0 Å². The topological polar surface area (TPSA) is 34.2 Å².